The van der Waals surface area contributed by atoms with Crippen molar-refractivity contribution in [1.82, 2.24) is 4.72 Å². The number of alkyl halides is 1. The Labute approximate surface area is 109 Å². The van der Waals surface area contributed by atoms with Gasteiger partial charge in [0.15, 0.2) is 0 Å². The van der Waals surface area contributed by atoms with Crippen molar-refractivity contribution in [2.24, 2.45) is 0 Å². The molecule has 0 saturated carbocycles. The Balaban J connectivity index is 2.71. The van der Waals surface area contributed by atoms with E-state index in [1.807, 2.05) is 0 Å². The minimum Gasteiger partial charge on any atom is -0.468 e. The van der Waals surface area contributed by atoms with Gasteiger partial charge in [-0.3, -0.25) is 4.79 Å². The minimum absolute atomic E-state index is 0.113. The molecule has 0 aromatic heterocycles. The number of benzene rings is 1. The van der Waals surface area contributed by atoms with Crippen LogP contribution in [0.3, 0.4) is 0 Å². The standard InChI is InChI=1S/C10H11ClFNO4S/c1-17-10(14)9(11)6-13-18(15,16)8-4-2-7(12)3-5-8/h2-5,9,13H,6H2,1H3. The van der Waals surface area contributed by atoms with E-state index in [0.29, 0.717) is 0 Å². The molecule has 0 aliphatic carbocycles. The molecule has 0 aliphatic heterocycles. The number of hydrogen-bond acceptors (Lipinski definition) is 4. The summed E-state index contributed by atoms with van der Waals surface area (Å²) in [5, 5.41) is -1.12. The number of methoxy groups -OCH3 is 1. The fraction of sp³-hybridized carbons (Fsp3) is 0.300. The van der Waals surface area contributed by atoms with Gasteiger partial charge in [0, 0.05) is 6.54 Å². The average Bonchev–Trinajstić information content (AvgIpc) is 2.35. The predicted molar refractivity (Wildman–Crippen MR) is 63.2 cm³/mol. The van der Waals surface area contributed by atoms with Gasteiger partial charge in [0.1, 0.15) is 11.2 Å². The highest BCUT2D eigenvalue weighted by atomic mass is 35.5. The van der Waals surface area contributed by atoms with Gasteiger partial charge in [-0.2, -0.15) is 0 Å². The summed E-state index contributed by atoms with van der Waals surface area (Å²) in [6, 6.07) is 4.26. The van der Waals surface area contributed by atoms with Crippen LogP contribution >= 0.6 is 11.6 Å². The van der Waals surface area contributed by atoms with Crippen LogP contribution in [0.25, 0.3) is 0 Å². The molecule has 0 saturated heterocycles. The Morgan fingerprint density at radius 3 is 2.50 bits per heavy atom. The van der Waals surface area contributed by atoms with Crippen LogP contribution in [0.15, 0.2) is 29.2 Å². The number of halogens is 2. The van der Waals surface area contributed by atoms with E-state index in [2.05, 4.69) is 9.46 Å². The van der Waals surface area contributed by atoms with E-state index in [1.165, 1.54) is 0 Å². The molecule has 5 nitrogen and oxygen atoms in total. The molecule has 0 heterocycles. The number of sulfonamides is 1. The van der Waals surface area contributed by atoms with Gasteiger partial charge in [0.05, 0.1) is 12.0 Å². The molecule has 8 heteroatoms. The van der Waals surface area contributed by atoms with Crippen LogP contribution in [0.5, 0.6) is 0 Å². The molecule has 1 N–H and O–H groups in total. The lowest BCUT2D eigenvalue weighted by atomic mass is 10.4. The third-order valence-electron chi connectivity index (χ3n) is 2.03. The summed E-state index contributed by atoms with van der Waals surface area (Å²) >= 11 is 5.59. The first kappa shape index (κ1) is 14.9. The van der Waals surface area contributed by atoms with Crippen molar-refractivity contribution in [1.29, 1.82) is 0 Å². The van der Waals surface area contributed by atoms with E-state index < -0.39 is 27.2 Å². The quantitative estimate of drug-likeness (QED) is 0.647. The highest BCUT2D eigenvalue weighted by Crippen LogP contribution is 2.10. The van der Waals surface area contributed by atoms with Gasteiger partial charge in [-0.25, -0.2) is 17.5 Å². The second-order valence-corrected chi connectivity index (χ2v) is 5.59. The Morgan fingerprint density at radius 2 is 2.00 bits per heavy atom. The van der Waals surface area contributed by atoms with Crippen LogP contribution in [0.4, 0.5) is 4.39 Å². The molecule has 18 heavy (non-hydrogen) atoms. The lowest BCUT2D eigenvalue weighted by Gasteiger charge is -2.09. The van der Waals surface area contributed by atoms with Crippen LogP contribution in [0.1, 0.15) is 0 Å². The van der Waals surface area contributed by atoms with Crippen molar-refractivity contribution in [2.75, 3.05) is 13.7 Å². The number of ether oxygens (including phenoxy) is 1. The average molecular weight is 296 g/mol. The number of esters is 1. The van der Waals surface area contributed by atoms with Crippen molar-refractivity contribution < 1.29 is 22.3 Å². The van der Waals surface area contributed by atoms with Gasteiger partial charge >= 0.3 is 5.97 Å². The zero-order valence-electron chi connectivity index (χ0n) is 9.39. The van der Waals surface area contributed by atoms with Gasteiger partial charge in [-0.05, 0) is 24.3 Å². The Morgan fingerprint density at radius 1 is 1.44 bits per heavy atom. The van der Waals surface area contributed by atoms with Gasteiger partial charge in [0.2, 0.25) is 10.0 Å². The molecule has 1 aromatic rings. The van der Waals surface area contributed by atoms with Gasteiger partial charge in [-0.1, -0.05) is 0 Å². The second kappa shape index (κ2) is 6.12. The zero-order valence-corrected chi connectivity index (χ0v) is 11.0. The highest BCUT2D eigenvalue weighted by Gasteiger charge is 2.20. The molecule has 0 fully saturated rings. The number of rotatable bonds is 5. The summed E-state index contributed by atoms with van der Waals surface area (Å²) in [5.41, 5.74) is 0. The number of carbonyl (C=O) groups is 1. The molecule has 0 amide bonds. The van der Waals surface area contributed by atoms with Crippen LogP contribution in [-0.4, -0.2) is 33.4 Å². The lowest BCUT2D eigenvalue weighted by Crippen LogP contribution is -2.34. The monoisotopic (exact) mass is 295 g/mol. The molecule has 100 valence electrons. The first-order valence-electron chi connectivity index (χ1n) is 4.84. The predicted octanol–water partition coefficient (Wildman–Crippen LogP) is 0.884. The molecule has 1 unspecified atom stereocenters. The SMILES string of the molecule is COC(=O)C(Cl)CNS(=O)(=O)c1ccc(F)cc1. The maximum Gasteiger partial charge on any atom is 0.325 e. The summed E-state index contributed by atoms with van der Waals surface area (Å²) in [7, 11) is -2.68. The maximum absolute atomic E-state index is 12.6. The summed E-state index contributed by atoms with van der Waals surface area (Å²) in [6.45, 7) is -0.312. The van der Waals surface area contributed by atoms with Crippen molar-refractivity contribution in [3.8, 4) is 0 Å². The summed E-state index contributed by atoms with van der Waals surface area (Å²) in [6.07, 6.45) is 0. The Hall–Kier alpha value is -1.18. The van der Waals surface area contributed by atoms with Gasteiger partial charge in [-0.15, -0.1) is 11.6 Å². The van der Waals surface area contributed by atoms with Crippen molar-refractivity contribution >= 4 is 27.6 Å². The molecule has 1 atom stereocenters. The van der Waals surface area contributed by atoms with E-state index in [4.69, 9.17) is 11.6 Å². The third kappa shape index (κ3) is 3.94. The third-order valence-corrected chi connectivity index (χ3v) is 3.81. The normalized spacial score (nSPS) is 13.1. The lowest BCUT2D eigenvalue weighted by molar-refractivity contribution is -0.140. The van der Waals surface area contributed by atoms with Crippen molar-refractivity contribution in [2.45, 2.75) is 10.3 Å². The van der Waals surface area contributed by atoms with Crippen molar-refractivity contribution in [3.63, 3.8) is 0 Å². The Bertz CT molecular complexity index is 517. The van der Waals surface area contributed by atoms with Gasteiger partial charge in [0.25, 0.3) is 0 Å². The van der Waals surface area contributed by atoms with E-state index >= 15 is 0 Å². The highest BCUT2D eigenvalue weighted by molar-refractivity contribution is 7.89. The van der Waals surface area contributed by atoms with E-state index in [1.54, 1.807) is 0 Å². The van der Waals surface area contributed by atoms with E-state index in [-0.39, 0.29) is 11.4 Å². The molecule has 0 bridgehead atoms. The van der Waals surface area contributed by atoms with E-state index in [0.717, 1.165) is 31.4 Å². The molecule has 1 aromatic carbocycles. The first-order valence-corrected chi connectivity index (χ1v) is 6.76. The Kier molecular flexibility index (Phi) is 5.06. The molecular formula is C10H11ClFNO4S. The summed E-state index contributed by atoms with van der Waals surface area (Å²) < 4.78 is 42.5. The van der Waals surface area contributed by atoms with Crippen molar-refractivity contribution in [3.05, 3.63) is 30.1 Å². The molecule has 0 spiro atoms. The fourth-order valence-corrected chi connectivity index (χ4v) is 2.40. The largest absolute Gasteiger partial charge is 0.468 e. The zero-order chi connectivity index (χ0) is 13.8. The van der Waals surface area contributed by atoms with Crippen LogP contribution in [0.2, 0.25) is 0 Å². The molecular weight excluding hydrogens is 285 g/mol. The number of carbonyl (C=O) groups excluding carboxylic acids is 1. The second-order valence-electron chi connectivity index (χ2n) is 3.30. The fourth-order valence-electron chi connectivity index (χ4n) is 1.09. The minimum atomic E-state index is -3.82. The number of nitrogens with one attached hydrogen (secondary N) is 1. The first-order chi connectivity index (χ1) is 8.36. The van der Waals surface area contributed by atoms with Gasteiger partial charge < -0.3 is 4.74 Å². The summed E-state index contributed by atoms with van der Waals surface area (Å²) in [5.74, 6) is -1.28. The molecule has 1 rings (SSSR count). The summed E-state index contributed by atoms with van der Waals surface area (Å²) in [4.78, 5) is 10.9. The number of hydrogen-bond donors (Lipinski definition) is 1. The molecule has 0 aliphatic rings. The van der Waals surface area contributed by atoms with Crippen LogP contribution in [-0.2, 0) is 19.6 Å². The smallest absolute Gasteiger partial charge is 0.325 e. The van der Waals surface area contributed by atoms with Crippen LogP contribution < -0.4 is 4.72 Å². The maximum atomic E-state index is 12.6. The van der Waals surface area contributed by atoms with E-state index in [9.17, 15) is 17.6 Å². The molecule has 0 radical (unpaired) electrons. The van der Waals surface area contributed by atoms with Crippen LogP contribution in [0, 0.1) is 5.82 Å². The topological polar surface area (TPSA) is 72.5 Å².